The summed E-state index contributed by atoms with van der Waals surface area (Å²) in [6.07, 6.45) is 1.52. The third-order valence-corrected chi connectivity index (χ3v) is 3.75. The number of nitrogens with zero attached hydrogens (tertiary/aromatic N) is 4. The molecule has 0 spiro atoms. The molecule has 0 bridgehead atoms. The largest absolute Gasteiger partial charge is 0.352 e. The minimum Gasteiger partial charge on any atom is -0.352 e. The fourth-order valence-electron chi connectivity index (χ4n) is 1.71. The topological polar surface area (TPSA) is 67.1 Å². The van der Waals surface area contributed by atoms with Gasteiger partial charge in [0, 0.05) is 30.1 Å². The normalized spacial score (nSPS) is 11.5. The summed E-state index contributed by atoms with van der Waals surface area (Å²) in [5, 5.41) is 11.1. The Labute approximate surface area is 136 Å². The predicted molar refractivity (Wildman–Crippen MR) is 87.2 cm³/mol. The van der Waals surface area contributed by atoms with E-state index in [9.17, 15) is 0 Å². The Morgan fingerprint density at radius 3 is 2.76 bits per heavy atom. The van der Waals surface area contributed by atoms with Gasteiger partial charge in [0.15, 0.2) is 5.96 Å². The van der Waals surface area contributed by atoms with Gasteiger partial charge in [-0.05, 0) is 17.7 Å². The van der Waals surface area contributed by atoms with E-state index < -0.39 is 0 Å². The number of nitrogens with one attached hydrogen (secondary N) is 2. The van der Waals surface area contributed by atoms with Crippen LogP contribution < -0.4 is 10.6 Å². The van der Waals surface area contributed by atoms with E-state index in [1.165, 1.54) is 6.33 Å². The molecule has 0 unspecified atom stereocenters. The zero-order valence-corrected chi connectivity index (χ0v) is 14.1. The first-order chi connectivity index (χ1) is 10.1. The molecule has 0 atom stereocenters. The number of halogens is 2. The number of hydrogen-bond acceptors (Lipinski definition) is 3. The molecular formula is C13H16BrClN6. The molecule has 2 N–H and O–H groups in total. The van der Waals surface area contributed by atoms with Gasteiger partial charge in [-0.1, -0.05) is 33.6 Å². The van der Waals surface area contributed by atoms with Crippen LogP contribution in [0.15, 0.2) is 34.0 Å². The third-order valence-electron chi connectivity index (χ3n) is 2.90. The number of guanidine groups is 1. The SMILES string of the molecule is CN=C(NCc1ccc(Br)cc1Cl)NCc1ncnn1C. The van der Waals surface area contributed by atoms with Gasteiger partial charge in [-0.15, -0.1) is 0 Å². The van der Waals surface area contributed by atoms with Crippen molar-refractivity contribution in [3.63, 3.8) is 0 Å². The second kappa shape index (κ2) is 7.42. The summed E-state index contributed by atoms with van der Waals surface area (Å²) in [5.41, 5.74) is 1.00. The van der Waals surface area contributed by atoms with Gasteiger partial charge in [0.05, 0.1) is 6.54 Å². The van der Waals surface area contributed by atoms with Crippen LogP contribution >= 0.6 is 27.5 Å². The monoisotopic (exact) mass is 370 g/mol. The van der Waals surface area contributed by atoms with Crippen molar-refractivity contribution >= 4 is 33.5 Å². The summed E-state index contributed by atoms with van der Waals surface area (Å²) >= 11 is 9.57. The average molecular weight is 372 g/mol. The van der Waals surface area contributed by atoms with Crippen molar-refractivity contribution < 1.29 is 0 Å². The molecular weight excluding hydrogens is 356 g/mol. The Morgan fingerprint density at radius 1 is 1.38 bits per heavy atom. The maximum Gasteiger partial charge on any atom is 0.191 e. The summed E-state index contributed by atoms with van der Waals surface area (Å²) in [7, 11) is 3.57. The first kappa shape index (κ1) is 15.8. The van der Waals surface area contributed by atoms with Crippen LogP contribution in [0, 0.1) is 0 Å². The number of benzene rings is 1. The molecule has 0 fully saturated rings. The van der Waals surface area contributed by atoms with E-state index >= 15 is 0 Å². The van der Waals surface area contributed by atoms with Crippen molar-refractivity contribution in [2.45, 2.75) is 13.1 Å². The number of aromatic nitrogens is 3. The fourth-order valence-corrected chi connectivity index (χ4v) is 2.45. The molecule has 0 saturated heterocycles. The quantitative estimate of drug-likeness (QED) is 0.638. The molecule has 6 nitrogen and oxygen atoms in total. The van der Waals surface area contributed by atoms with E-state index in [4.69, 9.17) is 11.6 Å². The Kier molecular flexibility index (Phi) is 5.58. The van der Waals surface area contributed by atoms with Crippen LogP contribution in [0.1, 0.15) is 11.4 Å². The van der Waals surface area contributed by atoms with E-state index in [-0.39, 0.29) is 0 Å². The smallest absolute Gasteiger partial charge is 0.191 e. The van der Waals surface area contributed by atoms with Crippen molar-refractivity contribution in [2.75, 3.05) is 7.05 Å². The lowest BCUT2D eigenvalue weighted by atomic mass is 10.2. The fraction of sp³-hybridized carbons (Fsp3) is 0.308. The molecule has 0 aliphatic carbocycles. The lowest BCUT2D eigenvalue weighted by Gasteiger charge is -2.12. The van der Waals surface area contributed by atoms with E-state index in [2.05, 4.69) is 41.6 Å². The highest BCUT2D eigenvalue weighted by Crippen LogP contribution is 2.21. The van der Waals surface area contributed by atoms with Gasteiger partial charge < -0.3 is 10.6 Å². The Bertz CT molecular complexity index is 639. The number of rotatable bonds is 4. The second-order valence-corrected chi connectivity index (χ2v) is 5.64. The standard InChI is InChI=1S/C13H16BrClN6/c1-16-13(18-7-12-19-8-20-21(12)2)17-6-9-3-4-10(14)5-11(9)15/h3-5,8H,6-7H2,1-2H3,(H2,16,17,18). The highest BCUT2D eigenvalue weighted by Gasteiger charge is 2.05. The van der Waals surface area contributed by atoms with Crippen molar-refractivity contribution in [1.82, 2.24) is 25.4 Å². The zero-order valence-electron chi connectivity index (χ0n) is 11.8. The van der Waals surface area contributed by atoms with Crippen LogP contribution in [0.3, 0.4) is 0 Å². The number of aryl methyl sites for hydroxylation is 1. The molecule has 112 valence electrons. The van der Waals surface area contributed by atoms with Crippen molar-refractivity contribution in [2.24, 2.45) is 12.0 Å². The lowest BCUT2D eigenvalue weighted by molar-refractivity contribution is 0.672. The second-order valence-electron chi connectivity index (χ2n) is 4.31. The van der Waals surface area contributed by atoms with Crippen molar-refractivity contribution in [1.29, 1.82) is 0 Å². The molecule has 1 aromatic heterocycles. The van der Waals surface area contributed by atoms with E-state index in [1.54, 1.807) is 11.7 Å². The number of aliphatic imine (C=N–C) groups is 1. The molecule has 21 heavy (non-hydrogen) atoms. The van der Waals surface area contributed by atoms with Gasteiger partial charge in [0.1, 0.15) is 12.2 Å². The van der Waals surface area contributed by atoms with Crippen LogP contribution in [-0.4, -0.2) is 27.8 Å². The lowest BCUT2D eigenvalue weighted by Crippen LogP contribution is -2.37. The van der Waals surface area contributed by atoms with E-state index in [0.29, 0.717) is 24.1 Å². The predicted octanol–water partition coefficient (Wildman–Crippen LogP) is 2.10. The summed E-state index contributed by atoms with van der Waals surface area (Å²) in [6, 6.07) is 5.79. The molecule has 0 aliphatic heterocycles. The summed E-state index contributed by atoms with van der Waals surface area (Å²) in [6.45, 7) is 1.13. The van der Waals surface area contributed by atoms with Crippen LogP contribution in [0.25, 0.3) is 0 Å². The molecule has 2 aromatic rings. The first-order valence-corrected chi connectivity index (χ1v) is 7.48. The third kappa shape index (κ3) is 4.44. The summed E-state index contributed by atoms with van der Waals surface area (Å²) in [4.78, 5) is 8.31. The van der Waals surface area contributed by atoms with E-state index in [1.807, 2.05) is 25.2 Å². The molecule has 0 saturated carbocycles. The highest BCUT2D eigenvalue weighted by molar-refractivity contribution is 9.10. The van der Waals surface area contributed by atoms with E-state index in [0.717, 1.165) is 15.9 Å². The van der Waals surface area contributed by atoms with Gasteiger partial charge >= 0.3 is 0 Å². The van der Waals surface area contributed by atoms with Crippen molar-refractivity contribution in [3.8, 4) is 0 Å². The summed E-state index contributed by atoms with van der Waals surface area (Å²) in [5.74, 6) is 1.51. The maximum atomic E-state index is 6.18. The highest BCUT2D eigenvalue weighted by atomic mass is 79.9. The minimum atomic E-state index is 0.546. The zero-order chi connectivity index (χ0) is 15.2. The van der Waals surface area contributed by atoms with Gasteiger partial charge in [0.25, 0.3) is 0 Å². The average Bonchev–Trinajstić information content (AvgIpc) is 2.86. The molecule has 0 aliphatic rings. The van der Waals surface area contributed by atoms with Gasteiger partial charge in [-0.2, -0.15) is 5.10 Å². The first-order valence-electron chi connectivity index (χ1n) is 6.31. The van der Waals surface area contributed by atoms with Gasteiger partial charge in [-0.3, -0.25) is 9.67 Å². The molecule has 8 heteroatoms. The van der Waals surface area contributed by atoms with Crippen molar-refractivity contribution in [3.05, 3.63) is 45.4 Å². The van der Waals surface area contributed by atoms with Gasteiger partial charge in [-0.25, -0.2) is 4.98 Å². The van der Waals surface area contributed by atoms with Crippen LogP contribution in [0.4, 0.5) is 0 Å². The molecule has 0 radical (unpaired) electrons. The molecule has 0 amide bonds. The Balaban J connectivity index is 1.89. The number of hydrogen-bond donors (Lipinski definition) is 2. The minimum absolute atomic E-state index is 0.546. The Hall–Kier alpha value is -1.60. The molecule has 1 heterocycles. The van der Waals surface area contributed by atoms with Crippen LogP contribution in [0.2, 0.25) is 5.02 Å². The molecule has 1 aromatic carbocycles. The Morgan fingerprint density at radius 2 is 2.14 bits per heavy atom. The summed E-state index contributed by atoms with van der Waals surface area (Å²) < 4.78 is 2.67. The maximum absolute atomic E-state index is 6.18. The van der Waals surface area contributed by atoms with Crippen LogP contribution in [0.5, 0.6) is 0 Å². The molecule has 2 rings (SSSR count). The van der Waals surface area contributed by atoms with Gasteiger partial charge in [0.2, 0.25) is 0 Å². The van der Waals surface area contributed by atoms with Crippen LogP contribution in [-0.2, 0) is 20.1 Å².